The summed E-state index contributed by atoms with van der Waals surface area (Å²) in [6.07, 6.45) is 1.38. The molecule has 2 aromatic heterocycles. The Morgan fingerprint density at radius 2 is 2.50 bits per heavy atom. The van der Waals surface area contributed by atoms with Gasteiger partial charge in [0.1, 0.15) is 12.9 Å². The van der Waals surface area contributed by atoms with E-state index >= 15 is 0 Å². The standard InChI is InChI=1S/C12H10N2O3S/c1-8-7-10(18-9(8)3-2-5-15)12(16)13-11-4-6-17-14-11/h4,6-7,15H,5H2,1H3,(H,13,14,16). The van der Waals surface area contributed by atoms with Gasteiger partial charge in [0, 0.05) is 6.07 Å². The van der Waals surface area contributed by atoms with Gasteiger partial charge in [-0.2, -0.15) is 0 Å². The number of nitrogens with zero attached hydrogens (tertiary/aromatic N) is 1. The Bertz CT molecular complexity index is 605. The molecule has 2 heterocycles. The first-order chi connectivity index (χ1) is 8.70. The van der Waals surface area contributed by atoms with E-state index in [1.54, 1.807) is 12.1 Å². The molecule has 0 radical (unpaired) electrons. The monoisotopic (exact) mass is 262 g/mol. The Balaban J connectivity index is 2.16. The van der Waals surface area contributed by atoms with E-state index in [9.17, 15) is 4.79 Å². The molecular weight excluding hydrogens is 252 g/mol. The number of hydrogen-bond donors (Lipinski definition) is 2. The number of aliphatic hydroxyl groups is 1. The third-order valence-corrected chi connectivity index (χ3v) is 3.25. The van der Waals surface area contributed by atoms with Crippen molar-refractivity contribution in [2.45, 2.75) is 6.92 Å². The summed E-state index contributed by atoms with van der Waals surface area (Å²) in [5.41, 5.74) is 0.909. The van der Waals surface area contributed by atoms with Crippen LogP contribution >= 0.6 is 11.3 Å². The van der Waals surface area contributed by atoms with Crippen molar-refractivity contribution in [2.24, 2.45) is 0 Å². The van der Waals surface area contributed by atoms with E-state index in [0.717, 1.165) is 10.4 Å². The van der Waals surface area contributed by atoms with E-state index in [4.69, 9.17) is 5.11 Å². The summed E-state index contributed by atoms with van der Waals surface area (Å²) in [5.74, 6) is 5.48. The average Bonchev–Trinajstić information content (AvgIpc) is 2.96. The summed E-state index contributed by atoms with van der Waals surface area (Å²) >= 11 is 1.27. The zero-order chi connectivity index (χ0) is 13.0. The van der Waals surface area contributed by atoms with Gasteiger partial charge in [-0.1, -0.05) is 17.0 Å². The number of aryl methyl sites for hydroxylation is 1. The molecule has 0 aliphatic carbocycles. The van der Waals surface area contributed by atoms with E-state index in [-0.39, 0.29) is 12.5 Å². The van der Waals surface area contributed by atoms with Crippen LogP contribution in [0.25, 0.3) is 0 Å². The topological polar surface area (TPSA) is 75.4 Å². The first-order valence-corrected chi connectivity index (χ1v) is 5.94. The lowest BCUT2D eigenvalue weighted by Crippen LogP contribution is -2.10. The van der Waals surface area contributed by atoms with Gasteiger partial charge in [0.15, 0.2) is 5.82 Å². The van der Waals surface area contributed by atoms with E-state index in [1.807, 2.05) is 6.92 Å². The quantitative estimate of drug-likeness (QED) is 0.807. The highest BCUT2D eigenvalue weighted by atomic mass is 32.1. The van der Waals surface area contributed by atoms with Crippen molar-refractivity contribution in [3.8, 4) is 11.8 Å². The fourth-order valence-corrected chi connectivity index (χ4v) is 2.24. The largest absolute Gasteiger partial charge is 0.384 e. The zero-order valence-corrected chi connectivity index (χ0v) is 10.4. The molecule has 1 amide bonds. The molecule has 6 heteroatoms. The van der Waals surface area contributed by atoms with Gasteiger partial charge in [0.05, 0.1) is 9.75 Å². The van der Waals surface area contributed by atoms with Gasteiger partial charge in [-0.15, -0.1) is 11.3 Å². The summed E-state index contributed by atoms with van der Waals surface area (Å²) in [6.45, 7) is 1.67. The highest BCUT2D eigenvalue weighted by Crippen LogP contribution is 2.21. The maximum absolute atomic E-state index is 11.9. The summed E-state index contributed by atoms with van der Waals surface area (Å²) in [5, 5.41) is 14.8. The lowest BCUT2D eigenvalue weighted by molar-refractivity contribution is 0.102. The summed E-state index contributed by atoms with van der Waals surface area (Å²) < 4.78 is 4.62. The molecule has 2 aromatic rings. The van der Waals surface area contributed by atoms with Gasteiger partial charge in [0.25, 0.3) is 5.91 Å². The molecule has 5 nitrogen and oxygen atoms in total. The molecule has 2 rings (SSSR count). The molecule has 18 heavy (non-hydrogen) atoms. The summed E-state index contributed by atoms with van der Waals surface area (Å²) in [7, 11) is 0. The highest BCUT2D eigenvalue weighted by molar-refractivity contribution is 7.14. The fraction of sp³-hybridized carbons (Fsp3) is 0.167. The lowest BCUT2D eigenvalue weighted by atomic mass is 10.2. The second-order valence-electron chi connectivity index (χ2n) is 3.42. The van der Waals surface area contributed by atoms with Crippen LogP contribution in [-0.2, 0) is 0 Å². The van der Waals surface area contributed by atoms with Crippen molar-refractivity contribution < 1.29 is 14.4 Å². The third kappa shape index (κ3) is 2.77. The molecule has 0 saturated carbocycles. The van der Waals surface area contributed by atoms with Crippen molar-refractivity contribution in [3.05, 3.63) is 33.7 Å². The first-order valence-electron chi connectivity index (χ1n) is 5.12. The molecule has 0 bridgehead atoms. The molecule has 0 saturated heterocycles. The maximum atomic E-state index is 11.9. The van der Waals surface area contributed by atoms with Crippen LogP contribution in [0.5, 0.6) is 0 Å². The fourth-order valence-electron chi connectivity index (χ4n) is 1.29. The number of carbonyl (C=O) groups excluding carboxylic acids is 1. The lowest BCUT2D eigenvalue weighted by Gasteiger charge is -1.96. The smallest absolute Gasteiger partial charge is 0.267 e. The van der Waals surface area contributed by atoms with E-state index < -0.39 is 0 Å². The van der Waals surface area contributed by atoms with Crippen LogP contribution < -0.4 is 5.32 Å². The van der Waals surface area contributed by atoms with Gasteiger partial charge in [0.2, 0.25) is 0 Å². The van der Waals surface area contributed by atoms with Crippen LogP contribution in [0, 0.1) is 18.8 Å². The number of rotatable bonds is 2. The number of amides is 1. The molecule has 0 atom stereocenters. The average molecular weight is 262 g/mol. The van der Waals surface area contributed by atoms with Crippen LogP contribution in [0.15, 0.2) is 22.9 Å². The minimum absolute atomic E-state index is 0.197. The Labute approximate surface area is 107 Å². The predicted octanol–water partition coefficient (Wildman–Crippen LogP) is 1.64. The number of anilines is 1. The highest BCUT2D eigenvalue weighted by Gasteiger charge is 2.12. The van der Waals surface area contributed by atoms with Gasteiger partial charge in [-0.25, -0.2) is 0 Å². The molecule has 0 aliphatic rings. The Morgan fingerprint density at radius 1 is 1.67 bits per heavy atom. The van der Waals surface area contributed by atoms with Gasteiger partial charge < -0.3 is 14.9 Å². The molecule has 0 aromatic carbocycles. The SMILES string of the molecule is Cc1cc(C(=O)Nc2ccon2)sc1C#CCO. The minimum Gasteiger partial charge on any atom is -0.384 e. The van der Waals surface area contributed by atoms with Crippen molar-refractivity contribution in [2.75, 3.05) is 11.9 Å². The van der Waals surface area contributed by atoms with Gasteiger partial charge >= 0.3 is 0 Å². The molecule has 0 spiro atoms. The Hall–Kier alpha value is -2.10. The maximum Gasteiger partial charge on any atom is 0.267 e. The number of nitrogens with one attached hydrogen (secondary N) is 1. The van der Waals surface area contributed by atoms with Crippen LogP contribution in [-0.4, -0.2) is 22.8 Å². The van der Waals surface area contributed by atoms with Crippen molar-refractivity contribution in [1.82, 2.24) is 5.16 Å². The molecule has 92 valence electrons. The molecule has 2 N–H and O–H groups in total. The first kappa shape index (κ1) is 12.4. The van der Waals surface area contributed by atoms with Crippen LogP contribution in [0.3, 0.4) is 0 Å². The summed E-state index contributed by atoms with van der Waals surface area (Å²) in [4.78, 5) is 13.2. The molecule has 0 unspecified atom stereocenters. The zero-order valence-electron chi connectivity index (χ0n) is 9.56. The van der Waals surface area contributed by atoms with Crippen LogP contribution in [0.1, 0.15) is 20.1 Å². The Morgan fingerprint density at radius 3 is 3.17 bits per heavy atom. The van der Waals surface area contributed by atoms with Gasteiger partial charge in [-0.3, -0.25) is 4.79 Å². The molecular formula is C12H10N2O3S. The second-order valence-corrected chi connectivity index (χ2v) is 4.47. The van der Waals surface area contributed by atoms with Crippen LogP contribution in [0.2, 0.25) is 0 Å². The van der Waals surface area contributed by atoms with Crippen LogP contribution in [0.4, 0.5) is 5.82 Å². The van der Waals surface area contributed by atoms with E-state index in [2.05, 4.69) is 26.8 Å². The second kappa shape index (κ2) is 5.49. The normalized spacial score (nSPS) is 9.67. The number of aromatic nitrogens is 1. The van der Waals surface area contributed by atoms with Crippen molar-refractivity contribution in [1.29, 1.82) is 0 Å². The summed E-state index contributed by atoms with van der Waals surface area (Å²) in [6, 6.07) is 3.31. The van der Waals surface area contributed by atoms with E-state index in [0.29, 0.717) is 10.7 Å². The number of hydrogen-bond acceptors (Lipinski definition) is 5. The number of thiophene rings is 1. The van der Waals surface area contributed by atoms with Gasteiger partial charge in [-0.05, 0) is 18.6 Å². The minimum atomic E-state index is -0.256. The Kier molecular flexibility index (Phi) is 3.77. The third-order valence-electron chi connectivity index (χ3n) is 2.10. The number of aliphatic hydroxyl groups excluding tert-OH is 1. The molecule has 0 aliphatic heterocycles. The number of carbonyl (C=O) groups is 1. The van der Waals surface area contributed by atoms with Crippen molar-refractivity contribution in [3.63, 3.8) is 0 Å². The van der Waals surface area contributed by atoms with E-state index in [1.165, 1.54) is 17.6 Å². The predicted molar refractivity (Wildman–Crippen MR) is 67.5 cm³/mol. The van der Waals surface area contributed by atoms with Crippen molar-refractivity contribution >= 4 is 23.1 Å². The molecule has 0 fully saturated rings.